The van der Waals surface area contributed by atoms with Crippen LogP contribution in [0.5, 0.6) is 0 Å². The monoisotopic (exact) mass is 564 g/mol. The Bertz CT molecular complexity index is 1600. The molecule has 220 valence electrons. The van der Waals surface area contributed by atoms with Crippen LogP contribution in [0.25, 0.3) is 11.1 Å². The predicted octanol–water partition coefficient (Wildman–Crippen LogP) is 11.7. The van der Waals surface area contributed by atoms with E-state index in [9.17, 15) is 0 Å². The summed E-state index contributed by atoms with van der Waals surface area (Å²) in [4.78, 5) is 0. The van der Waals surface area contributed by atoms with E-state index in [1.54, 1.807) is 0 Å². The van der Waals surface area contributed by atoms with Crippen LogP contribution in [-0.2, 0) is 16.2 Å². The second-order valence-electron chi connectivity index (χ2n) is 15.9. The molecular weight excluding hydrogens is 516 g/mol. The van der Waals surface area contributed by atoms with Gasteiger partial charge in [0.15, 0.2) is 0 Å². The molecule has 6 rings (SSSR count). The van der Waals surface area contributed by atoms with Crippen LogP contribution in [0, 0.1) is 5.41 Å². The van der Waals surface area contributed by atoms with Crippen molar-refractivity contribution < 1.29 is 0 Å². The molecule has 0 fully saturated rings. The normalized spacial score (nSPS) is 15.7. The van der Waals surface area contributed by atoms with E-state index in [-0.39, 0.29) is 27.6 Å². The van der Waals surface area contributed by atoms with Crippen molar-refractivity contribution in [3.63, 3.8) is 0 Å². The van der Waals surface area contributed by atoms with Crippen LogP contribution < -0.4 is 0 Å². The summed E-state index contributed by atoms with van der Waals surface area (Å²) < 4.78 is 0. The second-order valence-corrected chi connectivity index (χ2v) is 15.9. The summed E-state index contributed by atoms with van der Waals surface area (Å²) in [5.74, 6) is 0.130. The van der Waals surface area contributed by atoms with Gasteiger partial charge in [-0.15, -0.1) is 0 Å². The number of benzene rings is 4. The first-order valence-corrected chi connectivity index (χ1v) is 16.0. The van der Waals surface area contributed by atoms with E-state index in [0.717, 1.165) is 6.42 Å². The van der Waals surface area contributed by atoms with E-state index in [1.807, 2.05) is 0 Å². The molecule has 43 heavy (non-hydrogen) atoms. The van der Waals surface area contributed by atoms with Crippen molar-refractivity contribution in [3.8, 4) is 11.1 Å². The molecular formula is C43H48. The topological polar surface area (TPSA) is 0 Å². The van der Waals surface area contributed by atoms with Crippen LogP contribution in [-0.4, -0.2) is 0 Å². The summed E-state index contributed by atoms with van der Waals surface area (Å²) >= 11 is 0. The zero-order valence-corrected chi connectivity index (χ0v) is 27.7. The summed E-state index contributed by atoms with van der Waals surface area (Å²) in [5.41, 5.74) is 13.9. The fourth-order valence-corrected chi connectivity index (χ4v) is 7.44. The van der Waals surface area contributed by atoms with E-state index < -0.39 is 0 Å². The Labute approximate surface area is 260 Å². The lowest BCUT2D eigenvalue weighted by molar-refractivity contribution is 0.512. The van der Waals surface area contributed by atoms with Gasteiger partial charge in [0, 0.05) is 5.92 Å². The minimum Gasteiger partial charge on any atom is -0.0767 e. The van der Waals surface area contributed by atoms with E-state index in [4.69, 9.17) is 0 Å². The van der Waals surface area contributed by atoms with E-state index in [0.29, 0.717) is 0 Å². The van der Waals surface area contributed by atoms with Crippen LogP contribution in [0.1, 0.15) is 108 Å². The minimum atomic E-state index is -0.376. The van der Waals surface area contributed by atoms with Crippen LogP contribution in [0.15, 0.2) is 120 Å². The molecule has 0 saturated heterocycles. The van der Waals surface area contributed by atoms with Crippen molar-refractivity contribution in [1.82, 2.24) is 0 Å². The van der Waals surface area contributed by atoms with Gasteiger partial charge in [-0.2, -0.15) is 0 Å². The van der Waals surface area contributed by atoms with Crippen molar-refractivity contribution in [2.24, 2.45) is 5.41 Å². The van der Waals surface area contributed by atoms with Crippen molar-refractivity contribution in [1.29, 1.82) is 0 Å². The fourth-order valence-electron chi connectivity index (χ4n) is 7.44. The third-order valence-corrected chi connectivity index (χ3v) is 9.88. The molecule has 0 aliphatic heterocycles. The van der Waals surface area contributed by atoms with E-state index in [2.05, 4.69) is 172 Å². The number of allylic oxidation sites excluding steroid dienone is 4. The van der Waals surface area contributed by atoms with Crippen LogP contribution in [0.4, 0.5) is 0 Å². The lowest BCUT2D eigenvalue weighted by Crippen LogP contribution is -2.37. The van der Waals surface area contributed by atoms with Gasteiger partial charge in [0.05, 0.1) is 5.41 Å². The van der Waals surface area contributed by atoms with Crippen molar-refractivity contribution in [3.05, 3.63) is 154 Å². The number of rotatable bonds is 4. The highest BCUT2D eigenvalue weighted by molar-refractivity contribution is 5.83. The lowest BCUT2D eigenvalue weighted by Gasteiger charge is -2.44. The molecule has 4 aromatic carbocycles. The number of fused-ring (bicyclic) bond motifs is 3. The smallest absolute Gasteiger partial charge is 0.0526 e. The first kappa shape index (κ1) is 29.4. The molecule has 2 aliphatic carbocycles. The first-order chi connectivity index (χ1) is 20.2. The molecule has 0 saturated carbocycles. The third-order valence-electron chi connectivity index (χ3n) is 9.88. The van der Waals surface area contributed by atoms with Gasteiger partial charge in [0.2, 0.25) is 0 Å². The van der Waals surface area contributed by atoms with Crippen molar-refractivity contribution in [2.45, 2.75) is 90.9 Å². The molecule has 0 heterocycles. The zero-order chi connectivity index (χ0) is 30.8. The van der Waals surface area contributed by atoms with Gasteiger partial charge >= 0.3 is 0 Å². The highest BCUT2D eigenvalue weighted by atomic mass is 14.5. The number of hydrogen-bond acceptors (Lipinski definition) is 0. The summed E-state index contributed by atoms with van der Waals surface area (Å²) in [7, 11) is 0. The molecule has 0 radical (unpaired) electrons. The second kappa shape index (κ2) is 10.2. The van der Waals surface area contributed by atoms with E-state index in [1.165, 1.54) is 55.7 Å². The summed E-state index contributed by atoms with van der Waals surface area (Å²) in [6.45, 7) is 21.1. The van der Waals surface area contributed by atoms with Crippen molar-refractivity contribution >= 4 is 0 Å². The fraction of sp³-hybridized carbons (Fsp3) is 0.349. The summed E-state index contributed by atoms with van der Waals surface area (Å²) in [5, 5.41) is 0. The molecule has 0 atom stereocenters. The molecule has 0 amide bonds. The maximum atomic E-state index is 2.55. The quantitative estimate of drug-likeness (QED) is 0.231. The van der Waals surface area contributed by atoms with Gasteiger partial charge < -0.3 is 0 Å². The SMILES string of the molecule is CC(C)(C)C1=CCC(C(c2ccccc2)(c2ccccc2)C2c3cc(C(C)(C)C)ccc3-c3ccc(C(C)(C)C)cc32)=C1. The molecule has 0 spiro atoms. The van der Waals surface area contributed by atoms with Gasteiger partial charge in [-0.05, 0) is 72.7 Å². The largest absolute Gasteiger partial charge is 0.0767 e. The maximum absolute atomic E-state index is 2.55. The van der Waals surface area contributed by atoms with Crippen LogP contribution in [0.2, 0.25) is 0 Å². The first-order valence-electron chi connectivity index (χ1n) is 16.0. The number of hydrogen-bond donors (Lipinski definition) is 0. The summed E-state index contributed by atoms with van der Waals surface area (Å²) in [6, 6.07) is 37.4. The average molecular weight is 565 g/mol. The Kier molecular flexibility index (Phi) is 7.00. The molecule has 2 aliphatic rings. The molecule has 0 bridgehead atoms. The molecule has 0 aromatic heterocycles. The Hall–Kier alpha value is -3.64. The maximum Gasteiger partial charge on any atom is 0.0526 e. The molecule has 4 aromatic rings. The Morgan fingerprint density at radius 2 is 0.930 bits per heavy atom. The molecule has 0 nitrogen and oxygen atoms in total. The average Bonchev–Trinajstić information content (AvgIpc) is 3.58. The Morgan fingerprint density at radius 3 is 1.30 bits per heavy atom. The van der Waals surface area contributed by atoms with Gasteiger partial charge in [0.25, 0.3) is 0 Å². The molecule has 0 heteroatoms. The Morgan fingerprint density at radius 1 is 0.488 bits per heavy atom. The standard InChI is InChI=1S/C43H48/c1-40(2,3)31-20-21-34(26-31)43(29-16-12-10-13-17-29,30-18-14-11-15-19-30)39-37-27-32(41(4,5)6)22-24-35(37)36-25-23-33(28-38(36)39)42(7,8)9/h10-20,22-28,39H,21H2,1-9H3. The third kappa shape index (κ3) is 4.94. The lowest BCUT2D eigenvalue weighted by atomic mass is 9.58. The van der Waals surface area contributed by atoms with Crippen LogP contribution >= 0.6 is 0 Å². The molecule has 0 unspecified atom stereocenters. The summed E-state index contributed by atoms with van der Waals surface area (Å²) in [6.07, 6.45) is 6.00. The van der Waals surface area contributed by atoms with Crippen molar-refractivity contribution in [2.75, 3.05) is 0 Å². The van der Waals surface area contributed by atoms with Gasteiger partial charge in [-0.1, -0.05) is 177 Å². The highest BCUT2D eigenvalue weighted by Crippen LogP contribution is 2.61. The Balaban J connectivity index is 1.77. The van der Waals surface area contributed by atoms with Gasteiger partial charge in [0.1, 0.15) is 0 Å². The van der Waals surface area contributed by atoms with Gasteiger partial charge in [-0.3, -0.25) is 0 Å². The highest BCUT2D eigenvalue weighted by Gasteiger charge is 2.51. The zero-order valence-electron chi connectivity index (χ0n) is 27.7. The van der Waals surface area contributed by atoms with E-state index >= 15 is 0 Å². The van der Waals surface area contributed by atoms with Gasteiger partial charge in [-0.25, -0.2) is 0 Å². The predicted molar refractivity (Wildman–Crippen MR) is 185 cm³/mol. The van der Waals surface area contributed by atoms with Crippen LogP contribution in [0.3, 0.4) is 0 Å². The minimum absolute atomic E-state index is 0.0562. The molecule has 0 N–H and O–H groups in total.